The molecule has 0 bridgehead atoms. The monoisotopic (exact) mass is 296 g/mol. The van der Waals surface area contributed by atoms with E-state index in [1.165, 1.54) is 0 Å². The first-order valence-corrected chi connectivity index (χ1v) is 8.66. The van der Waals surface area contributed by atoms with Crippen LogP contribution in [0.3, 0.4) is 0 Å². The Morgan fingerprint density at radius 3 is 2.55 bits per heavy atom. The average Bonchev–Trinajstić information content (AvgIpc) is 2.99. The standard InChI is InChI=1S/C15H24N2O2S/c1-12(16-2)13-7-6-10-15(11-13)20(18,19)17(3)14-8-4-5-9-14/h6-7,10-12,14,16H,4-5,8-9H2,1-3H3. The van der Waals surface area contributed by atoms with E-state index in [0.717, 1.165) is 31.2 Å². The van der Waals surface area contributed by atoms with E-state index in [4.69, 9.17) is 0 Å². The smallest absolute Gasteiger partial charge is 0.243 e. The molecule has 1 aromatic rings. The first-order chi connectivity index (χ1) is 9.46. The predicted octanol–water partition coefficient (Wildman–Crippen LogP) is 2.53. The second kappa shape index (κ2) is 6.24. The molecule has 112 valence electrons. The highest BCUT2D eigenvalue weighted by atomic mass is 32.2. The summed E-state index contributed by atoms with van der Waals surface area (Å²) in [6.07, 6.45) is 4.20. The Balaban J connectivity index is 2.29. The quantitative estimate of drug-likeness (QED) is 0.908. The summed E-state index contributed by atoms with van der Waals surface area (Å²) in [5.74, 6) is 0. The third-order valence-corrected chi connectivity index (χ3v) is 6.21. The van der Waals surface area contributed by atoms with Crippen LogP contribution in [-0.4, -0.2) is 32.9 Å². The third kappa shape index (κ3) is 3.05. The lowest BCUT2D eigenvalue weighted by Gasteiger charge is -2.24. The highest BCUT2D eigenvalue weighted by Gasteiger charge is 2.30. The van der Waals surface area contributed by atoms with Crippen molar-refractivity contribution in [2.24, 2.45) is 0 Å². The highest BCUT2D eigenvalue weighted by molar-refractivity contribution is 7.89. The molecule has 20 heavy (non-hydrogen) atoms. The van der Waals surface area contributed by atoms with Gasteiger partial charge in [0, 0.05) is 19.1 Å². The van der Waals surface area contributed by atoms with E-state index in [1.807, 2.05) is 26.1 Å². The van der Waals surface area contributed by atoms with Crippen LogP contribution in [0.25, 0.3) is 0 Å². The molecule has 2 rings (SSSR count). The molecule has 4 nitrogen and oxygen atoms in total. The Labute approximate surface area is 122 Å². The third-order valence-electron chi connectivity index (χ3n) is 4.31. The maximum absolute atomic E-state index is 12.7. The summed E-state index contributed by atoms with van der Waals surface area (Å²) in [4.78, 5) is 0.395. The number of benzene rings is 1. The van der Waals surface area contributed by atoms with Crippen molar-refractivity contribution in [1.82, 2.24) is 9.62 Å². The molecule has 0 spiro atoms. The van der Waals surface area contributed by atoms with Crippen LogP contribution in [0.5, 0.6) is 0 Å². The first-order valence-electron chi connectivity index (χ1n) is 7.22. The summed E-state index contributed by atoms with van der Waals surface area (Å²) < 4.78 is 26.9. The molecular weight excluding hydrogens is 272 g/mol. The summed E-state index contributed by atoms with van der Waals surface area (Å²) in [6.45, 7) is 2.02. The van der Waals surface area contributed by atoms with Gasteiger partial charge in [-0.3, -0.25) is 0 Å². The van der Waals surface area contributed by atoms with Gasteiger partial charge in [-0.05, 0) is 44.5 Å². The molecule has 1 unspecified atom stereocenters. The second-order valence-corrected chi connectivity index (χ2v) is 7.54. The van der Waals surface area contributed by atoms with Crippen LogP contribution in [0.15, 0.2) is 29.2 Å². The van der Waals surface area contributed by atoms with Crippen LogP contribution >= 0.6 is 0 Å². The fraction of sp³-hybridized carbons (Fsp3) is 0.600. The van der Waals surface area contributed by atoms with E-state index >= 15 is 0 Å². The molecule has 5 heteroatoms. The number of hydrogen-bond donors (Lipinski definition) is 1. The molecule has 1 aromatic carbocycles. The lowest BCUT2D eigenvalue weighted by Crippen LogP contribution is -2.35. The Kier molecular flexibility index (Phi) is 4.83. The van der Waals surface area contributed by atoms with Crippen LogP contribution in [0.1, 0.15) is 44.2 Å². The van der Waals surface area contributed by atoms with Crippen molar-refractivity contribution in [2.75, 3.05) is 14.1 Å². The van der Waals surface area contributed by atoms with Gasteiger partial charge in [-0.1, -0.05) is 25.0 Å². The van der Waals surface area contributed by atoms with Crippen LogP contribution in [0.2, 0.25) is 0 Å². The minimum Gasteiger partial charge on any atom is -0.313 e. The van der Waals surface area contributed by atoms with E-state index in [1.54, 1.807) is 23.5 Å². The molecule has 0 aliphatic heterocycles. The van der Waals surface area contributed by atoms with E-state index in [0.29, 0.717) is 4.90 Å². The van der Waals surface area contributed by atoms with E-state index < -0.39 is 10.0 Å². The molecule has 1 saturated carbocycles. The SMILES string of the molecule is CNC(C)c1cccc(S(=O)(=O)N(C)C2CCCC2)c1. The first kappa shape index (κ1) is 15.5. The number of nitrogens with one attached hydrogen (secondary N) is 1. The zero-order valence-electron chi connectivity index (χ0n) is 12.5. The average molecular weight is 296 g/mol. The number of rotatable bonds is 5. The van der Waals surface area contributed by atoms with Crippen molar-refractivity contribution in [3.05, 3.63) is 29.8 Å². The molecule has 0 aromatic heterocycles. The van der Waals surface area contributed by atoms with Crippen molar-refractivity contribution in [3.63, 3.8) is 0 Å². The van der Waals surface area contributed by atoms with Crippen molar-refractivity contribution in [3.8, 4) is 0 Å². The Hall–Kier alpha value is -0.910. The summed E-state index contributed by atoms with van der Waals surface area (Å²) in [5.41, 5.74) is 0.994. The van der Waals surface area contributed by atoms with Gasteiger partial charge in [0.2, 0.25) is 10.0 Å². The molecule has 1 aliphatic carbocycles. The molecule has 1 fully saturated rings. The van der Waals surface area contributed by atoms with Gasteiger partial charge in [-0.25, -0.2) is 8.42 Å². The molecule has 1 aliphatic rings. The van der Waals surface area contributed by atoms with Gasteiger partial charge < -0.3 is 5.32 Å². The van der Waals surface area contributed by atoms with Crippen LogP contribution in [0, 0.1) is 0 Å². The maximum Gasteiger partial charge on any atom is 0.243 e. The molecule has 0 heterocycles. The minimum absolute atomic E-state index is 0.141. The van der Waals surface area contributed by atoms with E-state index in [9.17, 15) is 8.42 Å². The second-order valence-electron chi connectivity index (χ2n) is 5.54. The van der Waals surface area contributed by atoms with Crippen LogP contribution in [-0.2, 0) is 10.0 Å². The van der Waals surface area contributed by atoms with Gasteiger partial charge in [-0.15, -0.1) is 0 Å². The molecule has 1 N–H and O–H groups in total. The van der Waals surface area contributed by atoms with Gasteiger partial charge in [-0.2, -0.15) is 4.31 Å². The number of hydrogen-bond acceptors (Lipinski definition) is 3. The van der Waals surface area contributed by atoms with Gasteiger partial charge >= 0.3 is 0 Å². The zero-order chi connectivity index (χ0) is 14.8. The summed E-state index contributed by atoms with van der Waals surface area (Å²) in [6, 6.07) is 7.54. The van der Waals surface area contributed by atoms with Crippen LogP contribution in [0.4, 0.5) is 0 Å². The van der Waals surface area contributed by atoms with Crippen molar-refractivity contribution >= 4 is 10.0 Å². The normalized spacial score (nSPS) is 18.6. The molecule has 1 atom stereocenters. The number of nitrogens with zero attached hydrogens (tertiary/aromatic N) is 1. The highest BCUT2D eigenvalue weighted by Crippen LogP contribution is 2.28. The Morgan fingerprint density at radius 1 is 1.30 bits per heavy atom. The summed E-state index contributed by atoms with van der Waals surface area (Å²) >= 11 is 0. The van der Waals surface area contributed by atoms with Crippen molar-refractivity contribution in [1.29, 1.82) is 0 Å². The zero-order valence-corrected chi connectivity index (χ0v) is 13.3. The molecule has 0 radical (unpaired) electrons. The van der Waals surface area contributed by atoms with Crippen LogP contribution < -0.4 is 5.32 Å². The van der Waals surface area contributed by atoms with Gasteiger partial charge in [0.1, 0.15) is 0 Å². The molecule has 0 amide bonds. The van der Waals surface area contributed by atoms with E-state index in [2.05, 4.69) is 5.32 Å². The summed E-state index contributed by atoms with van der Waals surface area (Å²) in [5, 5.41) is 3.14. The Morgan fingerprint density at radius 2 is 1.95 bits per heavy atom. The minimum atomic E-state index is -3.38. The summed E-state index contributed by atoms with van der Waals surface area (Å²) in [7, 11) is 0.198. The Bertz CT molecular complexity index is 551. The topological polar surface area (TPSA) is 49.4 Å². The lowest BCUT2D eigenvalue weighted by molar-refractivity contribution is 0.373. The largest absolute Gasteiger partial charge is 0.313 e. The van der Waals surface area contributed by atoms with Crippen molar-refractivity contribution < 1.29 is 8.42 Å². The fourth-order valence-electron chi connectivity index (χ4n) is 2.74. The van der Waals surface area contributed by atoms with Gasteiger partial charge in [0.25, 0.3) is 0 Å². The van der Waals surface area contributed by atoms with Gasteiger partial charge in [0.05, 0.1) is 4.90 Å². The van der Waals surface area contributed by atoms with Crippen molar-refractivity contribution in [2.45, 2.75) is 49.6 Å². The van der Waals surface area contributed by atoms with E-state index in [-0.39, 0.29) is 12.1 Å². The van der Waals surface area contributed by atoms with Gasteiger partial charge in [0.15, 0.2) is 0 Å². The maximum atomic E-state index is 12.7. The lowest BCUT2D eigenvalue weighted by atomic mass is 10.1. The molecule has 0 saturated heterocycles. The molecular formula is C15H24N2O2S. The number of sulfonamides is 1. The predicted molar refractivity (Wildman–Crippen MR) is 81.1 cm³/mol. The fourth-order valence-corrected chi connectivity index (χ4v) is 4.21.